The number of nitrogens with zero attached hydrogens (tertiary/aromatic N) is 2. The van der Waals surface area contributed by atoms with Gasteiger partial charge in [-0.25, -0.2) is 9.97 Å². The summed E-state index contributed by atoms with van der Waals surface area (Å²) in [7, 11) is 0. The summed E-state index contributed by atoms with van der Waals surface area (Å²) < 4.78 is 0. The monoisotopic (exact) mass is 733 g/mol. The van der Waals surface area contributed by atoms with Crippen molar-refractivity contribution in [2.24, 2.45) is 0 Å². The topological polar surface area (TPSA) is 161 Å². The predicted octanol–water partition coefficient (Wildman–Crippen LogP) is 9.65. The van der Waals surface area contributed by atoms with E-state index in [1.807, 2.05) is 97.1 Å². The molecule has 1 radical (unpaired) electrons. The number of aromatic nitrogens is 4. The number of nitrogens with one attached hydrogen (secondary N) is 2. The van der Waals surface area contributed by atoms with E-state index >= 15 is 0 Å². The molecule has 259 valence electrons. The summed E-state index contributed by atoms with van der Waals surface area (Å²) in [5.41, 5.74) is 41.9. The molecule has 5 heterocycles. The number of hydrogen-bond donors (Lipinski definition) is 6. The molecule has 0 fully saturated rings. The van der Waals surface area contributed by atoms with Crippen molar-refractivity contribution in [1.29, 1.82) is 0 Å². The van der Waals surface area contributed by atoms with Crippen LogP contribution in [-0.4, -0.2) is 19.9 Å². The van der Waals surface area contributed by atoms with Crippen LogP contribution in [0.4, 0.5) is 22.7 Å². The molecular formula is C44H34CoN8. The quantitative estimate of drug-likeness (QED) is 0.0988. The summed E-state index contributed by atoms with van der Waals surface area (Å²) in [6, 6.07) is 40.0. The molecule has 0 amide bonds. The first-order chi connectivity index (χ1) is 25.4. The van der Waals surface area contributed by atoms with Crippen LogP contribution in [0, 0.1) is 0 Å². The van der Waals surface area contributed by atoms with Crippen molar-refractivity contribution in [2.75, 3.05) is 22.9 Å². The first kappa shape index (κ1) is 33.3. The molecule has 53 heavy (non-hydrogen) atoms. The Morgan fingerprint density at radius 2 is 0.509 bits per heavy atom. The molecule has 8 nitrogen and oxygen atoms in total. The summed E-state index contributed by atoms with van der Waals surface area (Å²) in [5, 5.41) is 0. The fraction of sp³-hybridized carbons (Fsp3) is 0. The van der Waals surface area contributed by atoms with Crippen LogP contribution in [0.25, 0.3) is 90.9 Å². The van der Waals surface area contributed by atoms with Gasteiger partial charge in [0.1, 0.15) is 0 Å². The van der Waals surface area contributed by atoms with Gasteiger partial charge in [0.15, 0.2) is 0 Å². The van der Waals surface area contributed by atoms with Crippen LogP contribution in [0.3, 0.4) is 0 Å². The number of H-pyrrole nitrogens is 2. The van der Waals surface area contributed by atoms with E-state index in [-0.39, 0.29) is 16.8 Å². The number of nitrogens with two attached hydrogens (primary N) is 4. The fourth-order valence-electron chi connectivity index (χ4n) is 7.02. The van der Waals surface area contributed by atoms with Gasteiger partial charge in [-0.2, -0.15) is 0 Å². The van der Waals surface area contributed by atoms with Crippen molar-refractivity contribution >= 4 is 69.1 Å². The SMILES string of the molecule is Nc1ccc(-c2c3nc(c(-c4ccc(N)cc4)c4ccc([nH]4)c(-c4ccc(N)cc4)c4nc(c(-c5ccc(N)cc5)c5ccc2[nH]5)C=C4)C=C3)cc1.[Co]. The van der Waals surface area contributed by atoms with Crippen LogP contribution in [0.1, 0.15) is 22.8 Å². The van der Waals surface area contributed by atoms with Gasteiger partial charge in [-0.3, -0.25) is 0 Å². The van der Waals surface area contributed by atoms with Crippen molar-refractivity contribution in [2.45, 2.75) is 0 Å². The maximum absolute atomic E-state index is 6.15. The van der Waals surface area contributed by atoms with Crippen LogP contribution >= 0.6 is 0 Å². The van der Waals surface area contributed by atoms with Crippen LogP contribution < -0.4 is 22.9 Å². The van der Waals surface area contributed by atoms with Gasteiger partial charge < -0.3 is 32.9 Å². The molecular weight excluding hydrogens is 699 g/mol. The summed E-state index contributed by atoms with van der Waals surface area (Å²) in [4.78, 5) is 18.2. The summed E-state index contributed by atoms with van der Waals surface area (Å²) in [6.07, 6.45) is 8.29. The first-order valence-corrected chi connectivity index (χ1v) is 17.0. The number of benzene rings is 4. The molecule has 10 N–H and O–H groups in total. The molecule has 0 aliphatic carbocycles. The van der Waals surface area contributed by atoms with Gasteiger partial charge in [-0.1, -0.05) is 48.5 Å². The number of fused-ring (bicyclic) bond motifs is 8. The van der Waals surface area contributed by atoms with E-state index in [4.69, 9.17) is 32.9 Å². The van der Waals surface area contributed by atoms with E-state index in [1.54, 1.807) is 0 Å². The van der Waals surface area contributed by atoms with Gasteiger partial charge in [-0.05, 0) is 119 Å². The minimum absolute atomic E-state index is 0. The zero-order valence-corrected chi connectivity index (χ0v) is 29.4. The smallest absolute Gasteiger partial charge is 0.0737 e. The average molecular weight is 734 g/mol. The largest absolute Gasteiger partial charge is 0.399 e. The first-order valence-electron chi connectivity index (χ1n) is 17.0. The van der Waals surface area contributed by atoms with Crippen LogP contribution in [0.15, 0.2) is 121 Å². The number of hydrogen-bond acceptors (Lipinski definition) is 6. The zero-order chi connectivity index (χ0) is 35.3. The maximum atomic E-state index is 6.15. The number of anilines is 4. The fourth-order valence-corrected chi connectivity index (χ4v) is 7.02. The van der Waals surface area contributed by atoms with Gasteiger partial charge in [0.05, 0.1) is 22.8 Å². The average Bonchev–Trinajstić information content (AvgIpc) is 3.99. The van der Waals surface area contributed by atoms with E-state index < -0.39 is 0 Å². The minimum atomic E-state index is 0. The van der Waals surface area contributed by atoms with E-state index in [0.717, 1.165) is 89.4 Å². The Morgan fingerprint density at radius 3 is 0.717 bits per heavy atom. The normalized spacial score (nSPS) is 11.8. The molecule has 8 bridgehead atoms. The van der Waals surface area contributed by atoms with Crippen molar-refractivity contribution in [3.05, 3.63) is 144 Å². The Labute approximate surface area is 316 Å². The van der Waals surface area contributed by atoms with Crippen molar-refractivity contribution < 1.29 is 16.8 Å². The third-order valence-corrected chi connectivity index (χ3v) is 9.55. The third kappa shape index (κ3) is 6.14. The molecule has 0 atom stereocenters. The Morgan fingerprint density at radius 1 is 0.302 bits per heavy atom. The number of aromatic amines is 2. The Bertz CT molecular complexity index is 2370. The predicted molar refractivity (Wildman–Crippen MR) is 218 cm³/mol. The van der Waals surface area contributed by atoms with E-state index in [2.05, 4.69) is 58.5 Å². The number of rotatable bonds is 4. The van der Waals surface area contributed by atoms with Crippen LogP contribution in [-0.2, 0) is 16.8 Å². The van der Waals surface area contributed by atoms with Crippen molar-refractivity contribution in [3.8, 4) is 44.5 Å². The molecule has 0 spiro atoms. The molecule has 7 aromatic rings. The minimum Gasteiger partial charge on any atom is -0.399 e. The molecule has 0 saturated heterocycles. The second-order valence-electron chi connectivity index (χ2n) is 13.0. The van der Waals surface area contributed by atoms with E-state index in [1.165, 1.54) is 0 Å². The molecule has 2 aliphatic rings. The van der Waals surface area contributed by atoms with Gasteiger partial charge in [0.25, 0.3) is 0 Å². The molecule has 0 saturated carbocycles. The Balaban J connectivity index is 0.00000400. The Hall–Kier alpha value is -6.81. The van der Waals surface area contributed by atoms with E-state index in [9.17, 15) is 0 Å². The third-order valence-electron chi connectivity index (χ3n) is 9.55. The molecule has 4 aromatic carbocycles. The van der Waals surface area contributed by atoms with Crippen molar-refractivity contribution in [3.63, 3.8) is 0 Å². The van der Waals surface area contributed by atoms with Gasteiger partial charge in [0, 0.05) is 83.8 Å². The van der Waals surface area contributed by atoms with Crippen LogP contribution in [0.5, 0.6) is 0 Å². The maximum Gasteiger partial charge on any atom is 0.0737 e. The standard InChI is InChI=1S/C44H34N8.Co/c45-29-9-1-25(2-10-29)41-33-17-19-35(49-33)42(26-3-11-30(46)12-4-26)37-21-23-39(51-37)44(28-7-15-32(48)16-8-28)40-24-22-38(52-40)43(36-20-18-34(41)50-36)27-5-13-31(47)14-6-27;/h1-24,49,52H,45-48H2;. The molecule has 9 heteroatoms. The van der Waals surface area contributed by atoms with Gasteiger partial charge in [0.2, 0.25) is 0 Å². The van der Waals surface area contributed by atoms with Crippen molar-refractivity contribution in [1.82, 2.24) is 19.9 Å². The van der Waals surface area contributed by atoms with E-state index in [0.29, 0.717) is 22.7 Å². The second-order valence-corrected chi connectivity index (χ2v) is 13.0. The summed E-state index contributed by atoms with van der Waals surface area (Å²) >= 11 is 0. The Kier molecular flexibility index (Phi) is 8.42. The number of nitrogen functional groups attached to an aromatic ring is 4. The molecule has 9 rings (SSSR count). The van der Waals surface area contributed by atoms with Gasteiger partial charge >= 0.3 is 0 Å². The zero-order valence-electron chi connectivity index (χ0n) is 28.4. The molecule has 2 aliphatic heterocycles. The molecule has 0 unspecified atom stereocenters. The molecule has 3 aromatic heterocycles. The summed E-state index contributed by atoms with van der Waals surface area (Å²) in [6.45, 7) is 0. The van der Waals surface area contributed by atoms with Gasteiger partial charge in [-0.15, -0.1) is 0 Å². The summed E-state index contributed by atoms with van der Waals surface area (Å²) in [5.74, 6) is 0. The second kappa shape index (κ2) is 13.4. The van der Waals surface area contributed by atoms with Crippen LogP contribution in [0.2, 0.25) is 0 Å².